The first-order valence-corrected chi connectivity index (χ1v) is 6.85. The summed E-state index contributed by atoms with van der Waals surface area (Å²) >= 11 is 0. The van der Waals surface area contributed by atoms with Crippen LogP contribution in [0.2, 0.25) is 0 Å². The molecule has 114 valence electrons. The minimum atomic E-state index is -1.01. The molecule has 0 spiro atoms. The molecule has 0 fully saturated rings. The van der Waals surface area contributed by atoms with Gasteiger partial charge in [0.15, 0.2) is 0 Å². The minimum absolute atomic E-state index is 0.144. The van der Waals surface area contributed by atoms with Gasteiger partial charge in [0, 0.05) is 11.8 Å². The highest BCUT2D eigenvalue weighted by atomic mass is 19.1. The molecule has 1 aromatic heterocycles. The van der Waals surface area contributed by atoms with Crippen molar-refractivity contribution < 1.29 is 19.0 Å². The molecule has 0 aliphatic heterocycles. The Bertz CT molecular complexity index is 812. The van der Waals surface area contributed by atoms with Crippen molar-refractivity contribution in [3.63, 3.8) is 0 Å². The van der Waals surface area contributed by atoms with Crippen LogP contribution in [-0.4, -0.2) is 16.1 Å². The quantitative estimate of drug-likeness (QED) is 0.777. The molecule has 0 atom stereocenters. The summed E-state index contributed by atoms with van der Waals surface area (Å²) in [6.07, 6.45) is 1.32. The number of benzene rings is 2. The van der Waals surface area contributed by atoms with Crippen molar-refractivity contribution in [3.8, 4) is 22.8 Å². The van der Waals surface area contributed by atoms with Gasteiger partial charge in [-0.25, -0.2) is 9.18 Å². The maximum atomic E-state index is 12.8. The van der Waals surface area contributed by atoms with Gasteiger partial charge in [0.1, 0.15) is 17.3 Å². The van der Waals surface area contributed by atoms with Crippen LogP contribution in [0.15, 0.2) is 66.9 Å². The van der Waals surface area contributed by atoms with Crippen LogP contribution in [0.5, 0.6) is 11.5 Å². The number of aromatic carboxylic acids is 1. The highest BCUT2D eigenvalue weighted by Crippen LogP contribution is 2.25. The van der Waals surface area contributed by atoms with E-state index >= 15 is 0 Å². The van der Waals surface area contributed by atoms with E-state index < -0.39 is 5.97 Å². The predicted molar refractivity (Wildman–Crippen MR) is 83.1 cm³/mol. The number of carboxylic acid groups (broad SMARTS) is 1. The Morgan fingerprint density at radius 1 is 0.913 bits per heavy atom. The fourth-order valence-electron chi connectivity index (χ4n) is 2.02. The lowest BCUT2D eigenvalue weighted by atomic mass is 10.1. The maximum Gasteiger partial charge on any atom is 0.337 e. The van der Waals surface area contributed by atoms with Crippen molar-refractivity contribution in [2.24, 2.45) is 0 Å². The number of nitrogens with zero attached hydrogens (tertiary/aromatic N) is 1. The SMILES string of the molecule is O=C(O)c1ccc(-c2ccc(Oc3ccc(F)cc3)cc2)nc1. The third-order valence-electron chi connectivity index (χ3n) is 3.21. The van der Waals surface area contributed by atoms with Crippen molar-refractivity contribution in [1.29, 1.82) is 0 Å². The molecular weight excluding hydrogens is 297 g/mol. The number of hydrogen-bond donors (Lipinski definition) is 1. The summed E-state index contributed by atoms with van der Waals surface area (Å²) < 4.78 is 18.5. The third-order valence-corrected chi connectivity index (χ3v) is 3.21. The molecule has 0 saturated carbocycles. The van der Waals surface area contributed by atoms with Crippen molar-refractivity contribution in [2.45, 2.75) is 0 Å². The zero-order chi connectivity index (χ0) is 16.2. The van der Waals surface area contributed by atoms with Gasteiger partial charge in [-0.2, -0.15) is 0 Å². The smallest absolute Gasteiger partial charge is 0.337 e. The minimum Gasteiger partial charge on any atom is -0.478 e. The fraction of sp³-hybridized carbons (Fsp3) is 0. The van der Waals surface area contributed by atoms with Gasteiger partial charge >= 0.3 is 5.97 Å². The largest absolute Gasteiger partial charge is 0.478 e. The summed E-state index contributed by atoms with van der Waals surface area (Å²) in [6.45, 7) is 0. The van der Waals surface area contributed by atoms with Gasteiger partial charge < -0.3 is 9.84 Å². The van der Waals surface area contributed by atoms with Crippen LogP contribution in [0.25, 0.3) is 11.3 Å². The third kappa shape index (κ3) is 3.52. The molecule has 23 heavy (non-hydrogen) atoms. The summed E-state index contributed by atoms with van der Waals surface area (Å²) in [5, 5.41) is 8.86. The molecule has 0 aliphatic carbocycles. The molecule has 0 bridgehead atoms. The lowest BCUT2D eigenvalue weighted by molar-refractivity contribution is 0.0696. The standard InChI is InChI=1S/C18H12FNO3/c19-14-4-8-16(9-5-14)23-15-6-1-12(2-7-15)17-10-3-13(11-20-17)18(21)22/h1-11H,(H,21,22). The number of aromatic nitrogens is 1. The molecular formula is C18H12FNO3. The second-order valence-electron chi connectivity index (χ2n) is 4.82. The first-order valence-electron chi connectivity index (χ1n) is 6.85. The average molecular weight is 309 g/mol. The van der Waals surface area contributed by atoms with Crippen LogP contribution >= 0.6 is 0 Å². The molecule has 0 aliphatic rings. The highest BCUT2D eigenvalue weighted by Gasteiger charge is 2.05. The van der Waals surface area contributed by atoms with Gasteiger partial charge in [-0.15, -0.1) is 0 Å². The Kier molecular flexibility index (Phi) is 4.01. The van der Waals surface area contributed by atoms with Crippen LogP contribution in [-0.2, 0) is 0 Å². The predicted octanol–water partition coefficient (Wildman–Crippen LogP) is 4.38. The first kappa shape index (κ1) is 14.7. The number of ether oxygens (including phenoxy) is 1. The van der Waals surface area contributed by atoms with E-state index in [-0.39, 0.29) is 11.4 Å². The normalized spacial score (nSPS) is 10.3. The van der Waals surface area contributed by atoms with E-state index in [0.29, 0.717) is 17.2 Å². The molecule has 5 heteroatoms. The Balaban J connectivity index is 1.76. The van der Waals surface area contributed by atoms with E-state index in [1.54, 1.807) is 30.3 Å². The maximum absolute atomic E-state index is 12.8. The summed E-state index contributed by atoms with van der Waals surface area (Å²) in [7, 11) is 0. The second-order valence-corrected chi connectivity index (χ2v) is 4.82. The Hall–Kier alpha value is -3.21. The lowest BCUT2D eigenvalue weighted by Crippen LogP contribution is -1.97. The van der Waals surface area contributed by atoms with Gasteiger partial charge in [0.05, 0.1) is 11.3 Å². The van der Waals surface area contributed by atoms with Gasteiger partial charge in [0.25, 0.3) is 0 Å². The number of rotatable bonds is 4. The van der Waals surface area contributed by atoms with Gasteiger partial charge in [-0.1, -0.05) is 0 Å². The molecule has 0 amide bonds. The molecule has 4 nitrogen and oxygen atoms in total. The van der Waals surface area contributed by atoms with Crippen LogP contribution in [0.3, 0.4) is 0 Å². The molecule has 1 N–H and O–H groups in total. The first-order chi connectivity index (χ1) is 11.1. The number of carboxylic acids is 1. The van der Waals surface area contributed by atoms with E-state index in [4.69, 9.17) is 9.84 Å². The Morgan fingerprint density at radius 3 is 2.04 bits per heavy atom. The molecule has 0 unspecified atom stereocenters. The van der Waals surface area contributed by atoms with Crippen molar-refractivity contribution in [1.82, 2.24) is 4.98 Å². The van der Waals surface area contributed by atoms with E-state index in [1.807, 2.05) is 12.1 Å². The molecule has 2 aromatic carbocycles. The van der Waals surface area contributed by atoms with Crippen molar-refractivity contribution in [3.05, 3.63) is 78.2 Å². The Labute approximate surface area is 131 Å². The van der Waals surface area contributed by atoms with Crippen LogP contribution in [0.4, 0.5) is 4.39 Å². The van der Waals surface area contributed by atoms with Gasteiger partial charge in [-0.05, 0) is 60.7 Å². The van der Waals surface area contributed by atoms with E-state index in [2.05, 4.69) is 4.98 Å². The summed E-state index contributed by atoms with van der Waals surface area (Å²) in [5.74, 6) is -0.165. The summed E-state index contributed by atoms with van der Waals surface area (Å²) in [5.41, 5.74) is 1.65. The van der Waals surface area contributed by atoms with Gasteiger partial charge in [0.2, 0.25) is 0 Å². The lowest BCUT2D eigenvalue weighted by Gasteiger charge is -2.07. The summed E-state index contributed by atoms with van der Waals surface area (Å²) in [6, 6.07) is 16.1. The van der Waals surface area contributed by atoms with Crippen molar-refractivity contribution >= 4 is 5.97 Å². The zero-order valence-corrected chi connectivity index (χ0v) is 11.9. The molecule has 3 rings (SSSR count). The molecule has 0 saturated heterocycles. The second kappa shape index (κ2) is 6.27. The fourth-order valence-corrected chi connectivity index (χ4v) is 2.02. The van der Waals surface area contributed by atoms with Crippen LogP contribution < -0.4 is 4.74 Å². The number of hydrogen-bond acceptors (Lipinski definition) is 3. The Morgan fingerprint density at radius 2 is 1.52 bits per heavy atom. The average Bonchev–Trinajstić information content (AvgIpc) is 2.58. The number of pyridine rings is 1. The topological polar surface area (TPSA) is 59.4 Å². The van der Waals surface area contributed by atoms with Crippen LogP contribution in [0, 0.1) is 5.82 Å². The van der Waals surface area contributed by atoms with Crippen LogP contribution in [0.1, 0.15) is 10.4 Å². The summed E-state index contributed by atoms with van der Waals surface area (Å²) in [4.78, 5) is 14.9. The zero-order valence-electron chi connectivity index (χ0n) is 11.9. The molecule has 0 radical (unpaired) electrons. The molecule has 3 aromatic rings. The van der Waals surface area contributed by atoms with Crippen molar-refractivity contribution in [2.75, 3.05) is 0 Å². The molecule has 1 heterocycles. The number of carbonyl (C=O) groups is 1. The van der Waals surface area contributed by atoms with Gasteiger partial charge in [-0.3, -0.25) is 4.98 Å². The monoisotopic (exact) mass is 309 g/mol. The number of halogens is 1. The van der Waals surface area contributed by atoms with E-state index in [9.17, 15) is 9.18 Å². The van der Waals surface area contributed by atoms with E-state index in [1.165, 1.54) is 24.4 Å². The highest BCUT2D eigenvalue weighted by molar-refractivity contribution is 5.87. The van der Waals surface area contributed by atoms with E-state index in [0.717, 1.165) is 5.56 Å².